The Kier molecular flexibility index (Phi) is 5.55. The first-order chi connectivity index (χ1) is 8.36. The van der Waals surface area contributed by atoms with Crippen LogP contribution >= 0.6 is 0 Å². The molecule has 106 valence electrons. The van der Waals surface area contributed by atoms with Gasteiger partial charge in [0.05, 0.1) is 12.3 Å². The standard InChI is InChI=1S/C11H23N3O3S/c1-3-5-10(12)11(15)13-8-9-6-4-7-14(9)18(2,16)17/h9-10H,3-8,12H2,1-2H3,(H,13,15)/t9-,10?/m1/s1. The van der Waals surface area contributed by atoms with Gasteiger partial charge < -0.3 is 11.1 Å². The predicted molar refractivity (Wildman–Crippen MR) is 70.5 cm³/mol. The second kappa shape index (κ2) is 6.49. The number of nitrogens with one attached hydrogen (secondary N) is 1. The highest BCUT2D eigenvalue weighted by Crippen LogP contribution is 2.19. The summed E-state index contributed by atoms with van der Waals surface area (Å²) in [5.41, 5.74) is 5.69. The van der Waals surface area contributed by atoms with E-state index in [1.807, 2.05) is 6.92 Å². The minimum Gasteiger partial charge on any atom is -0.353 e. The van der Waals surface area contributed by atoms with Gasteiger partial charge in [-0.2, -0.15) is 4.31 Å². The van der Waals surface area contributed by atoms with Crippen LogP contribution in [0, 0.1) is 0 Å². The Hall–Kier alpha value is -0.660. The summed E-state index contributed by atoms with van der Waals surface area (Å²) in [6.07, 6.45) is 4.33. The first-order valence-corrected chi connectivity index (χ1v) is 8.21. The smallest absolute Gasteiger partial charge is 0.236 e. The van der Waals surface area contributed by atoms with E-state index < -0.39 is 16.1 Å². The molecule has 1 aliphatic rings. The van der Waals surface area contributed by atoms with Crippen LogP contribution < -0.4 is 11.1 Å². The van der Waals surface area contributed by atoms with Crippen molar-refractivity contribution in [2.24, 2.45) is 5.73 Å². The first kappa shape index (κ1) is 15.4. The molecule has 0 aliphatic carbocycles. The number of nitrogens with two attached hydrogens (primary N) is 1. The molecular formula is C11H23N3O3S. The third-order valence-corrected chi connectivity index (χ3v) is 4.53. The van der Waals surface area contributed by atoms with Crippen molar-refractivity contribution in [3.05, 3.63) is 0 Å². The number of carbonyl (C=O) groups excluding carboxylic acids is 1. The van der Waals surface area contributed by atoms with Crippen LogP contribution in [0.25, 0.3) is 0 Å². The molecule has 18 heavy (non-hydrogen) atoms. The van der Waals surface area contributed by atoms with Crippen molar-refractivity contribution in [3.8, 4) is 0 Å². The summed E-state index contributed by atoms with van der Waals surface area (Å²) in [5, 5.41) is 2.74. The molecule has 1 unspecified atom stereocenters. The minimum atomic E-state index is -3.18. The van der Waals surface area contributed by atoms with E-state index in [2.05, 4.69) is 5.32 Å². The van der Waals surface area contributed by atoms with Gasteiger partial charge in [0, 0.05) is 19.1 Å². The fourth-order valence-electron chi connectivity index (χ4n) is 2.24. The number of sulfonamides is 1. The van der Waals surface area contributed by atoms with Crippen LogP contribution in [0.3, 0.4) is 0 Å². The van der Waals surface area contributed by atoms with E-state index in [1.165, 1.54) is 10.6 Å². The quantitative estimate of drug-likeness (QED) is 0.694. The molecule has 1 aliphatic heterocycles. The minimum absolute atomic E-state index is 0.127. The van der Waals surface area contributed by atoms with Crippen molar-refractivity contribution in [3.63, 3.8) is 0 Å². The summed E-state index contributed by atoms with van der Waals surface area (Å²) >= 11 is 0. The molecule has 0 saturated carbocycles. The molecule has 0 spiro atoms. The van der Waals surface area contributed by atoms with Crippen LogP contribution in [0.5, 0.6) is 0 Å². The molecule has 0 aromatic carbocycles. The Morgan fingerprint density at radius 3 is 2.78 bits per heavy atom. The van der Waals surface area contributed by atoms with Crippen molar-refractivity contribution in [2.45, 2.75) is 44.7 Å². The molecule has 2 atom stereocenters. The Morgan fingerprint density at radius 2 is 2.22 bits per heavy atom. The van der Waals surface area contributed by atoms with Gasteiger partial charge in [0.25, 0.3) is 0 Å². The average Bonchev–Trinajstić information content (AvgIpc) is 2.74. The monoisotopic (exact) mass is 277 g/mol. The lowest BCUT2D eigenvalue weighted by Gasteiger charge is -2.23. The van der Waals surface area contributed by atoms with E-state index in [9.17, 15) is 13.2 Å². The van der Waals surface area contributed by atoms with Crippen molar-refractivity contribution >= 4 is 15.9 Å². The van der Waals surface area contributed by atoms with Gasteiger partial charge in [-0.3, -0.25) is 4.79 Å². The summed E-state index contributed by atoms with van der Waals surface area (Å²) in [4.78, 5) is 11.6. The van der Waals surface area contributed by atoms with Crippen LogP contribution in [-0.2, 0) is 14.8 Å². The van der Waals surface area contributed by atoms with Gasteiger partial charge in [-0.1, -0.05) is 13.3 Å². The summed E-state index contributed by atoms with van der Waals surface area (Å²) in [6, 6.07) is -0.624. The number of amides is 1. The molecule has 0 aromatic rings. The van der Waals surface area contributed by atoms with E-state index in [0.717, 1.165) is 19.3 Å². The largest absolute Gasteiger partial charge is 0.353 e. The van der Waals surface area contributed by atoms with Crippen molar-refractivity contribution in [2.75, 3.05) is 19.3 Å². The van der Waals surface area contributed by atoms with Crippen LogP contribution in [0.15, 0.2) is 0 Å². The molecule has 1 saturated heterocycles. The zero-order valence-corrected chi connectivity index (χ0v) is 11.9. The summed E-state index contributed by atoms with van der Waals surface area (Å²) < 4.78 is 24.5. The Labute approximate surface area is 109 Å². The van der Waals surface area contributed by atoms with Gasteiger partial charge in [0.2, 0.25) is 15.9 Å². The molecule has 0 bridgehead atoms. The summed E-state index contributed by atoms with van der Waals surface area (Å²) in [7, 11) is -3.18. The second-order valence-electron chi connectivity index (χ2n) is 4.81. The SMILES string of the molecule is CCCC(N)C(=O)NC[C@H]1CCCN1S(C)(=O)=O. The van der Waals surface area contributed by atoms with Gasteiger partial charge in [0.1, 0.15) is 0 Å². The maximum atomic E-state index is 11.6. The zero-order chi connectivity index (χ0) is 13.8. The van der Waals surface area contributed by atoms with Crippen LogP contribution in [-0.4, -0.2) is 50.1 Å². The average molecular weight is 277 g/mol. The highest BCUT2D eigenvalue weighted by Gasteiger charge is 2.31. The van der Waals surface area contributed by atoms with E-state index in [0.29, 0.717) is 19.5 Å². The third-order valence-electron chi connectivity index (χ3n) is 3.20. The molecule has 1 rings (SSSR count). The van der Waals surface area contributed by atoms with Gasteiger partial charge >= 0.3 is 0 Å². The normalized spacial score (nSPS) is 22.9. The molecule has 7 heteroatoms. The molecule has 0 radical (unpaired) electrons. The van der Waals surface area contributed by atoms with Crippen LogP contribution in [0.2, 0.25) is 0 Å². The van der Waals surface area contributed by atoms with Gasteiger partial charge in [-0.25, -0.2) is 8.42 Å². The van der Waals surface area contributed by atoms with Crippen molar-refractivity contribution < 1.29 is 13.2 Å². The van der Waals surface area contributed by atoms with E-state index >= 15 is 0 Å². The van der Waals surface area contributed by atoms with Gasteiger partial charge in [-0.05, 0) is 19.3 Å². The van der Waals surface area contributed by atoms with Gasteiger partial charge in [0.15, 0.2) is 0 Å². The molecule has 1 heterocycles. The third kappa shape index (κ3) is 4.22. The van der Waals surface area contributed by atoms with Gasteiger partial charge in [-0.15, -0.1) is 0 Å². The number of carbonyl (C=O) groups is 1. The Bertz CT molecular complexity index is 383. The number of hydrogen-bond donors (Lipinski definition) is 2. The van der Waals surface area contributed by atoms with Crippen LogP contribution in [0.4, 0.5) is 0 Å². The highest BCUT2D eigenvalue weighted by atomic mass is 32.2. The number of hydrogen-bond acceptors (Lipinski definition) is 4. The molecule has 1 fully saturated rings. The Morgan fingerprint density at radius 1 is 1.56 bits per heavy atom. The lowest BCUT2D eigenvalue weighted by Crippen LogP contribution is -2.47. The second-order valence-corrected chi connectivity index (χ2v) is 6.75. The molecule has 0 aromatic heterocycles. The Balaban J connectivity index is 2.46. The maximum absolute atomic E-state index is 11.6. The van der Waals surface area contributed by atoms with E-state index in [4.69, 9.17) is 5.73 Å². The first-order valence-electron chi connectivity index (χ1n) is 6.36. The maximum Gasteiger partial charge on any atom is 0.236 e. The molecular weight excluding hydrogens is 254 g/mol. The van der Waals surface area contributed by atoms with E-state index in [1.54, 1.807) is 0 Å². The number of nitrogens with zero attached hydrogens (tertiary/aromatic N) is 1. The molecule has 1 amide bonds. The van der Waals surface area contributed by atoms with E-state index in [-0.39, 0.29) is 11.9 Å². The fraction of sp³-hybridized carbons (Fsp3) is 0.909. The van der Waals surface area contributed by atoms with Crippen molar-refractivity contribution in [1.29, 1.82) is 0 Å². The molecule has 3 N–H and O–H groups in total. The van der Waals surface area contributed by atoms with Crippen molar-refractivity contribution in [1.82, 2.24) is 9.62 Å². The predicted octanol–water partition coefficient (Wildman–Crippen LogP) is -0.346. The molecule has 6 nitrogen and oxygen atoms in total. The zero-order valence-electron chi connectivity index (χ0n) is 11.1. The van der Waals surface area contributed by atoms with Crippen LogP contribution in [0.1, 0.15) is 32.6 Å². The lowest BCUT2D eigenvalue weighted by atomic mass is 10.1. The topological polar surface area (TPSA) is 92.5 Å². The number of rotatable bonds is 6. The summed E-state index contributed by atoms with van der Waals surface area (Å²) in [6.45, 7) is 2.86. The lowest BCUT2D eigenvalue weighted by molar-refractivity contribution is -0.122. The fourth-order valence-corrected chi connectivity index (χ4v) is 3.42. The highest BCUT2D eigenvalue weighted by molar-refractivity contribution is 7.88. The summed E-state index contributed by atoms with van der Waals surface area (Å²) in [5.74, 6) is -0.197.